The van der Waals surface area contributed by atoms with Crippen molar-refractivity contribution in [2.75, 3.05) is 29.6 Å². The van der Waals surface area contributed by atoms with Gasteiger partial charge in [0, 0.05) is 18.5 Å². The number of H-pyrrole nitrogens is 1. The lowest BCUT2D eigenvalue weighted by molar-refractivity contribution is 0.602. The van der Waals surface area contributed by atoms with E-state index in [4.69, 9.17) is 5.73 Å². The third-order valence-electron chi connectivity index (χ3n) is 2.27. The zero-order chi connectivity index (χ0) is 12.5. The van der Waals surface area contributed by atoms with Crippen molar-refractivity contribution in [2.24, 2.45) is 0 Å². The van der Waals surface area contributed by atoms with Crippen LogP contribution in [0.5, 0.6) is 0 Å². The molecule has 1 aromatic carbocycles. The Labute approximate surface area is 99.2 Å². The minimum Gasteiger partial charge on any atom is -0.399 e. The highest BCUT2D eigenvalue weighted by molar-refractivity contribution is 7.90. The number of benzene rings is 1. The minimum atomic E-state index is -2.96. The average Bonchev–Trinajstić information content (AvgIpc) is 2.57. The van der Waals surface area contributed by atoms with Gasteiger partial charge in [0.2, 0.25) is 5.95 Å². The molecule has 0 bridgehead atoms. The van der Waals surface area contributed by atoms with Gasteiger partial charge in [-0.1, -0.05) is 0 Å². The van der Waals surface area contributed by atoms with E-state index in [0.29, 0.717) is 18.2 Å². The lowest BCUT2D eigenvalue weighted by atomic mass is 10.3. The maximum atomic E-state index is 11.0. The molecular formula is C10H14N4O2S. The molecule has 0 aliphatic rings. The van der Waals surface area contributed by atoms with Crippen LogP contribution in [0.1, 0.15) is 0 Å². The summed E-state index contributed by atoms with van der Waals surface area (Å²) < 4.78 is 21.9. The van der Waals surface area contributed by atoms with Crippen molar-refractivity contribution in [3.8, 4) is 0 Å². The van der Waals surface area contributed by atoms with Crippen LogP contribution in [-0.2, 0) is 9.84 Å². The van der Waals surface area contributed by atoms with Crippen molar-refractivity contribution in [3.05, 3.63) is 18.2 Å². The smallest absolute Gasteiger partial charge is 0.201 e. The summed E-state index contributed by atoms with van der Waals surface area (Å²) in [6, 6.07) is 5.36. The normalized spacial score (nSPS) is 11.8. The zero-order valence-electron chi connectivity index (χ0n) is 9.40. The molecule has 0 fully saturated rings. The summed E-state index contributed by atoms with van der Waals surface area (Å²) in [4.78, 5) is 7.28. The van der Waals surface area contributed by atoms with E-state index in [0.717, 1.165) is 11.0 Å². The number of aromatic nitrogens is 2. The molecule has 92 valence electrons. The lowest BCUT2D eigenvalue weighted by Crippen LogP contribution is -2.14. The van der Waals surface area contributed by atoms with Gasteiger partial charge in [-0.3, -0.25) is 0 Å². The number of hydrogen-bond donors (Lipinski definition) is 3. The first-order valence-corrected chi connectivity index (χ1v) is 7.17. The molecule has 0 unspecified atom stereocenters. The van der Waals surface area contributed by atoms with Gasteiger partial charge < -0.3 is 16.0 Å². The molecule has 6 nitrogen and oxygen atoms in total. The molecule has 0 atom stereocenters. The first-order chi connectivity index (χ1) is 7.94. The standard InChI is InChI=1S/C10H14N4O2S/c1-17(15,16)5-4-12-10-13-8-3-2-7(11)6-9(8)14-10/h2-3,6H,4-5,11H2,1H3,(H2,12,13,14). The van der Waals surface area contributed by atoms with Gasteiger partial charge in [0.05, 0.1) is 16.8 Å². The SMILES string of the molecule is CS(=O)(=O)CCNc1nc2ccc(N)cc2[nH]1. The number of aromatic amines is 1. The lowest BCUT2D eigenvalue weighted by Gasteiger charge is -2.00. The predicted octanol–water partition coefficient (Wildman–Crippen LogP) is 0.602. The van der Waals surface area contributed by atoms with Crippen molar-refractivity contribution in [1.82, 2.24) is 9.97 Å². The van der Waals surface area contributed by atoms with E-state index in [9.17, 15) is 8.42 Å². The first-order valence-electron chi connectivity index (χ1n) is 5.11. The molecule has 4 N–H and O–H groups in total. The molecule has 2 rings (SSSR count). The molecule has 1 aromatic heterocycles. The van der Waals surface area contributed by atoms with Gasteiger partial charge in [-0.2, -0.15) is 0 Å². The van der Waals surface area contributed by atoms with E-state index in [1.54, 1.807) is 12.1 Å². The molecule has 0 aliphatic carbocycles. The van der Waals surface area contributed by atoms with Gasteiger partial charge in [-0.15, -0.1) is 0 Å². The van der Waals surface area contributed by atoms with E-state index in [1.807, 2.05) is 6.07 Å². The Bertz CT molecular complexity index is 633. The molecule has 17 heavy (non-hydrogen) atoms. The predicted molar refractivity (Wildman–Crippen MR) is 68.7 cm³/mol. The van der Waals surface area contributed by atoms with Crippen molar-refractivity contribution in [3.63, 3.8) is 0 Å². The number of imidazole rings is 1. The molecular weight excluding hydrogens is 240 g/mol. The number of rotatable bonds is 4. The van der Waals surface area contributed by atoms with Crippen molar-refractivity contribution in [2.45, 2.75) is 0 Å². The average molecular weight is 254 g/mol. The molecule has 0 saturated carbocycles. The summed E-state index contributed by atoms with van der Waals surface area (Å²) in [5.41, 5.74) is 7.92. The van der Waals surface area contributed by atoms with Crippen LogP contribution in [0.3, 0.4) is 0 Å². The Balaban J connectivity index is 2.09. The molecule has 0 amide bonds. The first kappa shape index (κ1) is 11.7. The summed E-state index contributed by atoms with van der Waals surface area (Å²) in [5, 5.41) is 2.92. The quantitative estimate of drug-likeness (QED) is 0.694. The molecule has 1 heterocycles. The van der Waals surface area contributed by atoms with Crippen LogP contribution in [0.25, 0.3) is 11.0 Å². The Morgan fingerprint density at radius 3 is 2.94 bits per heavy atom. The van der Waals surface area contributed by atoms with Crippen LogP contribution in [0.4, 0.5) is 11.6 Å². The van der Waals surface area contributed by atoms with Crippen LogP contribution in [-0.4, -0.2) is 36.9 Å². The fourth-order valence-corrected chi connectivity index (χ4v) is 1.94. The van der Waals surface area contributed by atoms with E-state index < -0.39 is 9.84 Å². The van der Waals surface area contributed by atoms with Crippen molar-refractivity contribution >= 4 is 32.5 Å². The van der Waals surface area contributed by atoms with Gasteiger partial charge in [0.15, 0.2) is 0 Å². The van der Waals surface area contributed by atoms with Gasteiger partial charge >= 0.3 is 0 Å². The Hall–Kier alpha value is -1.76. The molecule has 0 spiro atoms. The van der Waals surface area contributed by atoms with Gasteiger partial charge in [-0.25, -0.2) is 13.4 Å². The Morgan fingerprint density at radius 2 is 2.24 bits per heavy atom. The minimum absolute atomic E-state index is 0.0756. The number of nitrogens with two attached hydrogens (primary N) is 1. The fourth-order valence-electron chi connectivity index (χ4n) is 1.47. The van der Waals surface area contributed by atoms with Crippen molar-refractivity contribution in [1.29, 1.82) is 0 Å². The number of nitrogen functional groups attached to an aromatic ring is 1. The highest BCUT2D eigenvalue weighted by Crippen LogP contribution is 2.16. The van der Waals surface area contributed by atoms with E-state index in [-0.39, 0.29) is 5.75 Å². The number of fused-ring (bicyclic) bond motifs is 1. The molecule has 0 saturated heterocycles. The van der Waals surface area contributed by atoms with E-state index in [1.165, 1.54) is 6.26 Å². The third kappa shape index (κ3) is 3.10. The van der Waals surface area contributed by atoms with Crippen LogP contribution >= 0.6 is 0 Å². The Kier molecular flexibility index (Phi) is 2.93. The maximum absolute atomic E-state index is 11.0. The second-order valence-electron chi connectivity index (χ2n) is 3.92. The third-order valence-corrected chi connectivity index (χ3v) is 3.22. The molecule has 0 radical (unpaired) electrons. The maximum Gasteiger partial charge on any atom is 0.201 e. The summed E-state index contributed by atoms with van der Waals surface area (Å²) in [6.45, 7) is 0.328. The fraction of sp³-hybridized carbons (Fsp3) is 0.300. The number of anilines is 2. The number of nitrogens with zero attached hydrogens (tertiary/aromatic N) is 1. The van der Waals surface area contributed by atoms with Crippen LogP contribution in [0.2, 0.25) is 0 Å². The molecule has 2 aromatic rings. The highest BCUT2D eigenvalue weighted by Gasteiger charge is 2.04. The summed E-state index contributed by atoms with van der Waals surface area (Å²) in [7, 11) is -2.96. The second kappa shape index (κ2) is 4.25. The highest BCUT2D eigenvalue weighted by atomic mass is 32.2. The number of nitrogens with one attached hydrogen (secondary N) is 2. The van der Waals surface area contributed by atoms with E-state index in [2.05, 4.69) is 15.3 Å². The van der Waals surface area contributed by atoms with E-state index >= 15 is 0 Å². The van der Waals surface area contributed by atoms with Crippen LogP contribution < -0.4 is 11.1 Å². The van der Waals surface area contributed by atoms with Gasteiger partial charge in [0.25, 0.3) is 0 Å². The molecule has 7 heteroatoms. The topological polar surface area (TPSA) is 101 Å². The van der Waals surface area contributed by atoms with Crippen LogP contribution in [0, 0.1) is 0 Å². The number of hydrogen-bond acceptors (Lipinski definition) is 5. The van der Waals surface area contributed by atoms with Crippen LogP contribution in [0.15, 0.2) is 18.2 Å². The van der Waals surface area contributed by atoms with Gasteiger partial charge in [-0.05, 0) is 18.2 Å². The Morgan fingerprint density at radius 1 is 1.47 bits per heavy atom. The summed E-state index contributed by atoms with van der Waals surface area (Å²) in [6.07, 6.45) is 1.20. The zero-order valence-corrected chi connectivity index (χ0v) is 10.2. The summed E-state index contributed by atoms with van der Waals surface area (Å²) >= 11 is 0. The monoisotopic (exact) mass is 254 g/mol. The molecule has 0 aliphatic heterocycles. The van der Waals surface area contributed by atoms with Crippen molar-refractivity contribution < 1.29 is 8.42 Å². The largest absolute Gasteiger partial charge is 0.399 e. The summed E-state index contributed by atoms with van der Waals surface area (Å²) in [5.74, 6) is 0.626. The van der Waals surface area contributed by atoms with Gasteiger partial charge in [0.1, 0.15) is 9.84 Å². The number of sulfone groups is 1. The second-order valence-corrected chi connectivity index (χ2v) is 6.18.